The Labute approximate surface area is 92.5 Å². The molecule has 1 saturated heterocycles. The van der Waals surface area contributed by atoms with Crippen LogP contribution < -0.4 is 5.32 Å². The maximum Gasteiger partial charge on any atom is 0.0778 e. The summed E-state index contributed by atoms with van der Waals surface area (Å²) in [6.45, 7) is 4.30. The van der Waals surface area contributed by atoms with E-state index < -0.39 is 0 Å². The Kier molecular flexibility index (Phi) is 2.18. The van der Waals surface area contributed by atoms with E-state index in [2.05, 4.69) is 21.6 Å². The lowest BCUT2D eigenvalue weighted by Gasteiger charge is -2.02. The lowest BCUT2D eigenvalue weighted by molar-refractivity contribution is 0.779. The second kappa shape index (κ2) is 3.54. The fourth-order valence-corrected chi connectivity index (χ4v) is 3.33. The molecule has 0 bridgehead atoms. The van der Waals surface area contributed by atoms with Gasteiger partial charge in [-0.2, -0.15) is 10.2 Å². The molecule has 0 radical (unpaired) electrons. The Morgan fingerprint density at radius 2 is 2.47 bits per heavy atom. The van der Waals surface area contributed by atoms with Crippen LogP contribution in [0.4, 0.5) is 0 Å². The highest BCUT2D eigenvalue weighted by molar-refractivity contribution is 7.19. The molecule has 0 aliphatic carbocycles. The zero-order valence-corrected chi connectivity index (χ0v) is 9.47. The molecule has 0 amide bonds. The minimum atomic E-state index is 0.696. The Morgan fingerprint density at radius 3 is 3.20 bits per heavy atom. The third-order valence-electron chi connectivity index (χ3n) is 2.98. The van der Waals surface area contributed by atoms with Crippen molar-refractivity contribution in [2.45, 2.75) is 19.3 Å². The van der Waals surface area contributed by atoms with Crippen LogP contribution in [0.15, 0.2) is 12.3 Å². The standard InChI is InChI=1S/C11H13N3S/c1-7-11-9(6-13-14-7)4-10(15-11)8-2-3-12-5-8/h4,6,8,12H,2-3,5H2,1H3. The topological polar surface area (TPSA) is 37.8 Å². The monoisotopic (exact) mass is 219 g/mol. The summed E-state index contributed by atoms with van der Waals surface area (Å²) in [5, 5.41) is 12.7. The molecule has 2 aromatic rings. The van der Waals surface area contributed by atoms with Crippen LogP contribution in [0.25, 0.3) is 10.1 Å². The first-order valence-electron chi connectivity index (χ1n) is 5.27. The molecule has 0 spiro atoms. The summed E-state index contributed by atoms with van der Waals surface area (Å²) in [4.78, 5) is 1.48. The molecule has 3 heterocycles. The number of aromatic nitrogens is 2. The van der Waals surface area contributed by atoms with Gasteiger partial charge in [0.05, 0.1) is 16.6 Å². The van der Waals surface area contributed by atoms with Gasteiger partial charge in [0.2, 0.25) is 0 Å². The average molecular weight is 219 g/mol. The van der Waals surface area contributed by atoms with Crippen LogP contribution in [0.5, 0.6) is 0 Å². The second-order valence-corrected chi connectivity index (χ2v) is 5.14. The lowest BCUT2D eigenvalue weighted by Crippen LogP contribution is -2.07. The number of nitrogens with zero attached hydrogens (tertiary/aromatic N) is 2. The minimum absolute atomic E-state index is 0.696. The molecule has 4 heteroatoms. The smallest absolute Gasteiger partial charge is 0.0778 e. The van der Waals surface area contributed by atoms with Gasteiger partial charge in [-0.1, -0.05) is 0 Å². The summed E-state index contributed by atoms with van der Waals surface area (Å²) >= 11 is 1.88. The van der Waals surface area contributed by atoms with Crippen LogP contribution in [0.2, 0.25) is 0 Å². The molecule has 15 heavy (non-hydrogen) atoms. The maximum atomic E-state index is 4.09. The van der Waals surface area contributed by atoms with Crippen LogP contribution in [0.3, 0.4) is 0 Å². The van der Waals surface area contributed by atoms with Gasteiger partial charge in [-0.05, 0) is 26.0 Å². The number of nitrogens with one attached hydrogen (secondary N) is 1. The predicted molar refractivity (Wildman–Crippen MR) is 62.4 cm³/mol. The van der Waals surface area contributed by atoms with Gasteiger partial charge in [-0.15, -0.1) is 11.3 Å². The molecule has 1 N–H and O–H groups in total. The van der Waals surface area contributed by atoms with Gasteiger partial charge in [0.25, 0.3) is 0 Å². The van der Waals surface area contributed by atoms with Crippen LogP contribution >= 0.6 is 11.3 Å². The highest BCUT2D eigenvalue weighted by atomic mass is 32.1. The van der Waals surface area contributed by atoms with Crippen LogP contribution in [0.1, 0.15) is 22.9 Å². The summed E-state index contributed by atoms with van der Waals surface area (Å²) in [5.74, 6) is 0.696. The minimum Gasteiger partial charge on any atom is -0.316 e. The molecule has 0 aromatic carbocycles. The molecule has 0 saturated carbocycles. The highest BCUT2D eigenvalue weighted by Gasteiger charge is 2.19. The molecular formula is C11H13N3S. The summed E-state index contributed by atoms with van der Waals surface area (Å²) in [5.41, 5.74) is 1.05. The van der Waals surface area contributed by atoms with Crippen molar-refractivity contribution >= 4 is 21.4 Å². The van der Waals surface area contributed by atoms with Gasteiger partial charge in [0.15, 0.2) is 0 Å². The average Bonchev–Trinajstić information content (AvgIpc) is 2.86. The highest BCUT2D eigenvalue weighted by Crippen LogP contribution is 2.34. The van der Waals surface area contributed by atoms with E-state index in [4.69, 9.17) is 0 Å². The molecular weight excluding hydrogens is 206 g/mol. The van der Waals surface area contributed by atoms with Crippen LogP contribution in [0, 0.1) is 6.92 Å². The number of hydrogen-bond acceptors (Lipinski definition) is 4. The van der Waals surface area contributed by atoms with E-state index in [1.807, 2.05) is 24.5 Å². The fourth-order valence-electron chi connectivity index (χ4n) is 2.13. The van der Waals surface area contributed by atoms with E-state index in [1.165, 1.54) is 21.4 Å². The van der Waals surface area contributed by atoms with Gasteiger partial charge in [0, 0.05) is 22.7 Å². The molecule has 3 nitrogen and oxygen atoms in total. The van der Waals surface area contributed by atoms with E-state index >= 15 is 0 Å². The zero-order chi connectivity index (χ0) is 10.3. The molecule has 1 aliphatic rings. The molecule has 78 valence electrons. The Morgan fingerprint density at radius 1 is 1.53 bits per heavy atom. The van der Waals surface area contributed by atoms with E-state index in [0.29, 0.717) is 5.92 Å². The second-order valence-electron chi connectivity index (χ2n) is 4.05. The van der Waals surface area contributed by atoms with Crippen molar-refractivity contribution in [2.75, 3.05) is 13.1 Å². The van der Waals surface area contributed by atoms with Gasteiger partial charge < -0.3 is 5.32 Å². The summed E-state index contributed by atoms with van der Waals surface area (Å²) in [6.07, 6.45) is 3.12. The largest absolute Gasteiger partial charge is 0.316 e. The molecule has 1 unspecified atom stereocenters. The van der Waals surface area contributed by atoms with Crippen LogP contribution in [-0.2, 0) is 0 Å². The molecule has 1 aliphatic heterocycles. The third kappa shape index (κ3) is 1.54. The van der Waals surface area contributed by atoms with E-state index in [1.54, 1.807) is 0 Å². The fraction of sp³-hybridized carbons (Fsp3) is 0.455. The molecule has 1 fully saturated rings. The Bertz CT molecular complexity index is 486. The number of hydrogen-bond donors (Lipinski definition) is 1. The Hall–Kier alpha value is -1.00. The normalized spacial score (nSPS) is 21.3. The van der Waals surface area contributed by atoms with Crippen molar-refractivity contribution in [1.29, 1.82) is 0 Å². The third-order valence-corrected chi connectivity index (χ3v) is 4.40. The SMILES string of the molecule is Cc1nncc2cc(C3CCNC3)sc12. The predicted octanol–water partition coefficient (Wildman–Crippen LogP) is 2.08. The van der Waals surface area contributed by atoms with Gasteiger partial charge in [-0.3, -0.25) is 0 Å². The van der Waals surface area contributed by atoms with Gasteiger partial charge in [-0.25, -0.2) is 0 Å². The van der Waals surface area contributed by atoms with Crippen LogP contribution in [-0.4, -0.2) is 23.3 Å². The Balaban J connectivity index is 2.09. The van der Waals surface area contributed by atoms with E-state index in [9.17, 15) is 0 Å². The summed E-state index contributed by atoms with van der Waals surface area (Å²) < 4.78 is 1.30. The first-order chi connectivity index (χ1) is 7.34. The number of fused-ring (bicyclic) bond motifs is 1. The van der Waals surface area contributed by atoms with Gasteiger partial charge >= 0.3 is 0 Å². The van der Waals surface area contributed by atoms with Gasteiger partial charge in [0.1, 0.15) is 0 Å². The van der Waals surface area contributed by atoms with Crippen molar-refractivity contribution < 1.29 is 0 Å². The van der Waals surface area contributed by atoms with Crippen molar-refractivity contribution in [3.05, 3.63) is 22.8 Å². The first-order valence-corrected chi connectivity index (χ1v) is 6.08. The first kappa shape index (κ1) is 9.24. The summed E-state index contributed by atoms with van der Waals surface area (Å²) in [6, 6.07) is 2.28. The molecule has 2 aromatic heterocycles. The van der Waals surface area contributed by atoms with Crippen molar-refractivity contribution in [3.8, 4) is 0 Å². The molecule has 3 rings (SSSR count). The maximum absolute atomic E-state index is 4.09. The quantitative estimate of drug-likeness (QED) is 0.798. The van der Waals surface area contributed by atoms with E-state index in [0.717, 1.165) is 18.8 Å². The number of thiophene rings is 1. The van der Waals surface area contributed by atoms with Crippen molar-refractivity contribution in [2.24, 2.45) is 0 Å². The van der Waals surface area contributed by atoms with Crippen molar-refractivity contribution in [3.63, 3.8) is 0 Å². The summed E-state index contributed by atoms with van der Waals surface area (Å²) in [7, 11) is 0. The zero-order valence-electron chi connectivity index (χ0n) is 8.66. The van der Waals surface area contributed by atoms with E-state index in [-0.39, 0.29) is 0 Å². The lowest BCUT2D eigenvalue weighted by atomic mass is 10.1. The van der Waals surface area contributed by atoms with Crippen molar-refractivity contribution in [1.82, 2.24) is 15.5 Å². The molecule has 1 atom stereocenters. The number of aryl methyl sites for hydroxylation is 1. The number of rotatable bonds is 1.